The van der Waals surface area contributed by atoms with Gasteiger partial charge in [0.15, 0.2) is 0 Å². The third kappa shape index (κ3) is 5.57. The summed E-state index contributed by atoms with van der Waals surface area (Å²) in [6.45, 7) is 16.7. The van der Waals surface area contributed by atoms with Crippen molar-refractivity contribution in [2.24, 2.45) is 45.8 Å². The highest BCUT2D eigenvalue weighted by atomic mass is 14.6. The van der Waals surface area contributed by atoms with Gasteiger partial charge in [0, 0.05) is 0 Å². The van der Waals surface area contributed by atoms with E-state index < -0.39 is 0 Å². The molecule has 184 valence electrons. The van der Waals surface area contributed by atoms with Crippen molar-refractivity contribution in [2.45, 2.75) is 152 Å². The largest absolute Gasteiger partial charge is 0.0776 e. The third-order valence-electron chi connectivity index (χ3n) is 10.8. The Morgan fingerprint density at radius 1 is 0.710 bits per heavy atom. The molecule has 0 radical (unpaired) electrons. The van der Waals surface area contributed by atoms with E-state index in [0.717, 1.165) is 29.6 Å². The lowest BCUT2D eigenvalue weighted by atomic mass is 9.45. The molecule has 0 nitrogen and oxygen atoms in total. The average molecular weight is 433 g/mol. The van der Waals surface area contributed by atoms with E-state index in [1.165, 1.54) is 44.9 Å². The zero-order chi connectivity index (χ0) is 22.0. The molecule has 0 aromatic heterocycles. The molecule has 31 heavy (non-hydrogen) atoms. The van der Waals surface area contributed by atoms with E-state index in [0.29, 0.717) is 16.2 Å². The summed E-state index contributed by atoms with van der Waals surface area (Å²) in [7, 11) is 0. The highest BCUT2D eigenvalue weighted by molar-refractivity contribution is 5.08. The molecule has 4 rings (SSSR count). The van der Waals surface area contributed by atoms with Crippen LogP contribution in [0.1, 0.15) is 152 Å². The number of fused-ring (bicyclic) bond motifs is 5. The fourth-order valence-corrected chi connectivity index (χ4v) is 9.10. The molecule has 0 aliphatic heterocycles. The van der Waals surface area contributed by atoms with Crippen LogP contribution in [0.3, 0.4) is 0 Å². The van der Waals surface area contributed by atoms with E-state index in [9.17, 15) is 0 Å². The summed E-state index contributed by atoms with van der Waals surface area (Å²) in [4.78, 5) is 0. The fourth-order valence-electron chi connectivity index (χ4n) is 9.10. The molecule has 0 N–H and O–H groups in total. The number of rotatable bonds is 5. The summed E-state index contributed by atoms with van der Waals surface area (Å²) in [6.07, 6.45) is 22.9. The van der Waals surface area contributed by atoms with Crippen molar-refractivity contribution in [2.75, 3.05) is 0 Å². The van der Waals surface area contributed by atoms with Crippen LogP contribution in [0.4, 0.5) is 0 Å². The van der Waals surface area contributed by atoms with Gasteiger partial charge in [-0.05, 0) is 110 Å². The predicted octanol–water partition coefficient (Wildman–Crippen LogP) is 10.7. The maximum absolute atomic E-state index is 2.75. The monoisotopic (exact) mass is 432 g/mol. The molecule has 7 unspecified atom stereocenters. The zero-order valence-corrected chi connectivity index (χ0v) is 22.0. The summed E-state index contributed by atoms with van der Waals surface area (Å²) in [5.41, 5.74) is 1.94. The van der Waals surface area contributed by atoms with E-state index in [1.807, 2.05) is 13.8 Å². The molecule has 4 aliphatic carbocycles. The quantitative estimate of drug-likeness (QED) is 0.379. The first-order valence-corrected chi connectivity index (χ1v) is 14.2. The maximum Gasteiger partial charge on any atom is -0.0266 e. The van der Waals surface area contributed by atoms with Crippen molar-refractivity contribution < 1.29 is 0 Å². The van der Waals surface area contributed by atoms with Crippen LogP contribution >= 0.6 is 0 Å². The van der Waals surface area contributed by atoms with Gasteiger partial charge in [0.05, 0.1) is 0 Å². The molecule has 0 heterocycles. The molecule has 0 aromatic carbocycles. The molecular formula is C31H60. The lowest BCUT2D eigenvalue weighted by molar-refractivity contribution is -0.111. The van der Waals surface area contributed by atoms with Crippen molar-refractivity contribution in [1.29, 1.82) is 0 Å². The maximum atomic E-state index is 2.75. The summed E-state index contributed by atoms with van der Waals surface area (Å²) < 4.78 is 0. The highest BCUT2D eigenvalue weighted by Crippen LogP contribution is 2.67. The summed E-state index contributed by atoms with van der Waals surface area (Å²) >= 11 is 0. The molecule has 0 amide bonds. The van der Waals surface area contributed by atoms with Crippen LogP contribution in [0.5, 0.6) is 0 Å². The Bertz CT molecular complexity index is 527. The molecule has 4 aliphatic rings. The molecule has 4 saturated carbocycles. The minimum Gasteiger partial charge on any atom is -0.0776 e. The SMILES string of the molecule is C.CC.CC(C)(C)CCCCCC1CCC2C3CCC4CCCCC4(C)C3CCC12C. The van der Waals surface area contributed by atoms with Crippen LogP contribution in [0.2, 0.25) is 0 Å². The molecule has 7 atom stereocenters. The number of hydrogen-bond acceptors (Lipinski definition) is 0. The Kier molecular flexibility index (Phi) is 9.62. The van der Waals surface area contributed by atoms with E-state index in [-0.39, 0.29) is 7.43 Å². The second-order valence-electron chi connectivity index (χ2n) is 13.4. The van der Waals surface area contributed by atoms with Crippen molar-refractivity contribution in [3.05, 3.63) is 0 Å². The van der Waals surface area contributed by atoms with Crippen molar-refractivity contribution in [3.63, 3.8) is 0 Å². The Hall–Kier alpha value is 0. The third-order valence-corrected chi connectivity index (χ3v) is 10.8. The minimum absolute atomic E-state index is 0. The first-order chi connectivity index (χ1) is 14.2. The Labute approximate surface area is 198 Å². The fraction of sp³-hybridized carbons (Fsp3) is 1.00. The Balaban J connectivity index is 0.00000111. The summed E-state index contributed by atoms with van der Waals surface area (Å²) in [5.74, 6) is 5.36. The second kappa shape index (κ2) is 11.0. The van der Waals surface area contributed by atoms with Gasteiger partial charge in [-0.1, -0.05) is 88.0 Å². The van der Waals surface area contributed by atoms with Gasteiger partial charge in [-0.25, -0.2) is 0 Å². The van der Waals surface area contributed by atoms with Gasteiger partial charge in [0.2, 0.25) is 0 Å². The van der Waals surface area contributed by atoms with E-state index in [2.05, 4.69) is 34.6 Å². The van der Waals surface area contributed by atoms with Gasteiger partial charge >= 0.3 is 0 Å². The molecule has 0 bridgehead atoms. The topological polar surface area (TPSA) is 0 Å². The van der Waals surface area contributed by atoms with E-state index >= 15 is 0 Å². The van der Waals surface area contributed by atoms with Gasteiger partial charge < -0.3 is 0 Å². The first kappa shape index (κ1) is 27.2. The van der Waals surface area contributed by atoms with Crippen LogP contribution in [0, 0.1) is 45.8 Å². The van der Waals surface area contributed by atoms with Gasteiger partial charge in [0.25, 0.3) is 0 Å². The van der Waals surface area contributed by atoms with Gasteiger partial charge in [-0.3, -0.25) is 0 Å². The van der Waals surface area contributed by atoms with Crippen LogP contribution in [0.25, 0.3) is 0 Å². The molecule has 4 fully saturated rings. The standard InChI is InChI=1S/C28H50.C2H6.CH4/c1-26(2,3)18-9-6-7-11-22-14-16-24-23-15-13-21-12-8-10-19-27(21,4)25(23)17-20-28(22,24)5;1-2;/h21-25H,6-20H2,1-5H3;1-2H3;1H4. The van der Waals surface area contributed by atoms with Crippen LogP contribution in [0.15, 0.2) is 0 Å². The van der Waals surface area contributed by atoms with Crippen LogP contribution in [-0.4, -0.2) is 0 Å². The second-order valence-corrected chi connectivity index (χ2v) is 13.4. The summed E-state index contributed by atoms with van der Waals surface area (Å²) in [6, 6.07) is 0. The van der Waals surface area contributed by atoms with Crippen LogP contribution in [-0.2, 0) is 0 Å². The Morgan fingerprint density at radius 2 is 1.42 bits per heavy atom. The zero-order valence-electron chi connectivity index (χ0n) is 22.0. The lowest BCUT2D eigenvalue weighted by Crippen LogP contribution is -2.52. The molecule has 0 heteroatoms. The van der Waals surface area contributed by atoms with Crippen LogP contribution < -0.4 is 0 Å². The summed E-state index contributed by atoms with van der Waals surface area (Å²) in [5, 5.41) is 0. The van der Waals surface area contributed by atoms with E-state index in [4.69, 9.17) is 0 Å². The van der Waals surface area contributed by atoms with Gasteiger partial charge in [-0.2, -0.15) is 0 Å². The van der Waals surface area contributed by atoms with E-state index in [1.54, 1.807) is 51.4 Å². The minimum atomic E-state index is 0. The Morgan fingerprint density at radius 3 is 2.13 bits per heavy atom. The van der Waals surface area contributed by atoms with Crippen molar-refractivity contribution in [3.8, 4) is 0 Å². The average Bonchev–Trinajstić information content (AvgIpc) is 3.04. The van der Waals surface area contributed by atoms with Gasteiger partial charge in [0.1, 0.15) is 0 Å². The van der Waals surface area contributed by atoms with Crippen molar-refractivity contribution in [1.82, 2.24) is 0 Å². The number of hydrogen-bond donors (Lipinski definition) is 0. The smallest absolute Gasteiger partial charge is 0.0266 e. The van der Waals surface area contributed by atoms with Crippen molar-refractivity contribution >= 4 is 0 Å². The highest BCUT2D eigenvalue weighted by Gasteiger charge is 2.59. The first-order valence-electron chi connectivity index (χ1n) is 14.2. The molecule has 0 spiro atoms. The number of unbranched alkanes of at least 4 members (excludes halogenated alkanes) is 2. The predicted molar refractivity (Wildman–Crippen MR) is 140 cm³/mol. The lowest BCUT2D eigenvalue weighted by Gasteiger charge is -2.60. The molecule has 0 aromatic rings. The van der Waals surface area contributed by atoms with Gasteiger partial charge in [-0.15, -0.1) is 0 Å². The molecular weight excluding hydrogens is 372 g/mol. The normalized spacial score (nSPS) is 41.7. The molecule has 0 saturated heterocycles.